The Balaban J connectivity index is 2.52. The van der Waals surface area contributed by atoms with E-state index in [0.717, 1.165) is 9.25 Å². The normalized spacial score (nSPS) is 12.9. The first-order valence-electron chi connectivity index (χ1n) is 6.36. The van der Waals surface area contributed by atoms with Crippen molar-refractivity contribution in [3.05, 3.63) is 39.8 Å². The molecule has 0 aliphatic rings. The second kappa shape index (κ2) is 6.48. The van der Waals surface area contributed by atoms with Gasteiger partial charge in [0, 0.05) is 10.6 Å². The van der Waals surface area contributed by atoms with Crippen LogP contribution in [0, 0.1) is 12.3 Å². The average molecular weight is 346 g/mol. The van der Waals surface area contributed by atoms with E-state index in [2.05, 4.69) is 11.0 Å². The Morgan fingerprint density at radius 2 is 1.96 bits per heavy atom. The lowest BCUT2D eigenvalue weighted by molar-refractivity contribution is -0.207. The fourth-order valence-corrected chi connectivity index (χ4v) is 2.01. The Morgan fingerprint density at radius 1 is 1.35 bits per heavy atom. The quantitative estimate of drug-likeness (QED) is 0.861. The highest BCUT2D eigenvalue weighted by Crippen LogP contribution is 2.23. The van der Waals surface area contributed by atoms with Gasteiger partial charge in [-0.2, -0.15) is 13.2 Å². The van der Waals surface area contributed by atoms with Crippen LogP contribution in [0.1, 0.15) is 0 Å². The second-order valence-corrected chi connectivity index (χ2v) is 5.08. The Bertz CT molecular complexity index is 788. The first-order chi connectivity index (χ1) is 10.7. The van der Waals surface area contributed by atoms with Gasteiger partial charge in [0.15, 0.2) is 11.9 Å². The number of hydrogen-bond donors (Lipinski definition) is 1. The van der Waals surface area contributed by atoms with Gasteiger partial charge in [-0.25, -0.2) is 9.48 Å². The van der Waals surface area contributed by atoms with Crippen LogP contribution in [0.4, 0.5) is 13.2 Å². The van der Waals surface area contributed by atoms with Gasteiger partial charge in [-0.1, -0.05) is 17.5 Å². The molecule has 122 valence electrons. The smallest absolute Gasteiger partial charge is 0.382 e. The molecule has 1 aromatic carbocycles. The van der Waals surface area contributed by atoms with E-state index in [1.54, 1.807) is 0 Å². The van der Waals surface area contributed by atoms with Crippen molar-refractivity contribution in [1.29, 1.82) is 0 Å². The molecule has 0 amide bonds. The molecule has 0 spiro atoms. The SMILES string of the molecule is C#CCn1nc(-c2ccc(Cl)cc2)n(CC(O)C(F)(F)F)c1=O. The topological polar surface area (TPSA) is 60.1 Å². The molecule has 2 rings (SSSR count). The molecule has 2 aromatic rings. The minimum Gasteiger partial charge on any atom is -0.382 e. The lowest BCUT2D eigenvalue weighted by Crippen LogP contribution is -2.37. The van der Waals surface area contributed by atoms with Gasteiger partial charge in [0.2, 0.25) is 0 Å². The largest absolute Gasteiger partial charge is 0.416 e. The van der Waals surface area contributed by atoms with Crippen molar-refractivity contribution >= 4 is 11.6 Å². The summed E-state index contributed by atoms with van der Waals surface area (Å²) in [4.78, 5) is 12.1. The minimum absolute atomic E-state index is 0.0368. The number of alkyl halides is 3. The number of hydrogen-bond acceptors (Lipinski definition) is 3. The Morgan fingerprint density at radius 3 is 2.48 bits per heavy atom. The van der Waals surface area contributed by atoms with Crippen molar-refractivity contribution in [2.45, 2.75) is 25.4 Å². The maximum absolute atomic E-state index is 12.6. The van der Waals surface area contributed by atoms with Crippen LogP contribution in [0.2, 0.25) is 5.02 Å². The van der Waals surface area contributed by atoms with Crippen molar-refractivity contribution in [3.8, 4) is 23.7 Å². The van der Waals surface area contributed by atoms with Crippen molar-refractivity contribution < 1.29 is 18.3 Å². The Kier molecular flexibility index (Phi) is 4.82. The highest BCUT2D eigenvalue weighted by molar-refractivity contribution is 6.30. The van der Waals surface area contributed by atoms with Crippen molar-refractivity contribution in [2.75, 3.05) is 0 Å². The molecule has 23 heavy (non-hydrogen) atoms. The van der Waals surface area contributed by atoms with Gasteiger partial charge < -0.3 is 5.11 Å². The van der Waals surface area contributed by atoms with Gasteiger partial charge in [-0.05, 0) is 24.3 Å². The van der Waals surface area contributed by atoms with E-state index in [1.807, 2.05) is 0 Å². The van der Waals surface area contributed by atoms with Crippen LogP contribution in [-0.2, 0) is 13.1 Å². The van der Waals surface area contributed by atoms with Crippen LogP contribution in [-0.4, -0.2) is 31.7 Å². The van der Waals surface area contributed by atoms with Gasteiger partial charge >= 0.3 is 11.9 Å². The van der Waals surface area contributed by atoms with E-state index in [-0.39, 0.29) is 12.4 Å². The summed E-state index contributed by atoms with van der Waals surface area (Å²) in [6.07, 6.45) is -2.44. The van der Waals surface area contributed by atoms with E-state index in [4.69, 9.17) is 18.0 Å². The molecular formula is C14H11ClF3N3O2. The molecule has 1 heterocycles. The number of benzene rings is 1. The van der Waals surface area contributed by atoms with E-state index < -0.39 is 24.5 Å². The molecule has 0 aliphatic carbocycles. The van der Waals surface area contributed by atoms with Crippen LogP contribution >= 0.6 is 11.6 Å². The monoisotopic (exact) mass is 345 g/mol. The zero-order valence-corrected chi connectivity index (χ0v) is 12.3. The molecule has 0 bridgehead atoms. The third-order valence-corrected chi connectivity index (χ3v) is 3.25. The molecule has 1 N–H and O–H groups in total. The summed E-state index contributed by atoms with van der Waals surface area (Å²) >= 11 is 5.76. The summed E-state index contributed by atoms with van der Waals surface area (Å²) in [6, 6.07) is 6.01. The summed E-state index contributed by atoms with van der Waals surface area (Å²) < 4.78 is 39.3. The molecule has 1 atom stereocenters. The van der Waals surface area contributed by atoms with Gasteiger partial charge in [-0.3, -0.25) is 4.57 Å². The number of halogens is 4. The highest BCUT2D eigenvalue weighted by atomic mass is 35.5. The second-order valence-electron chi connectivity index (χ2n) is 4.64. The first kappa shape index (κ1) is 17.1. The molecule has 5 nitrogen and oxygen atoms in total. The molecule has 9 heteroatoms. The molecule has 0 aliphatic heterocycles. The van der Waals surface area contributed by atoms with Crippen LogP contribution in [0.25, 0.3) is 11.4 Å². The van der Waals surface area contributed by atoms with Gasteiger partial charge in [0.1, 0.15) is 6.54 Å². The maximum atomic E-state index is 12.6. The summed E-state index contributed by atoms with van der Waals surface area (Å²) in [7, 11) is 0. The van der Waals surface area contributed by atoms with Crippen molar-refractivity contribution in [3.63, 3.8) is 0 Å². The molecule has 0 fully saturated rings. The summed E-state index contributed by atoms with van der Waals surface area (Å²) in [5.74, 6) is 2.15. The number of aliphatic hydroxyl groups excluding tert-OH is 1. The predicted octanol–water partition coefficient (Wildman–Crippen LogP) is 1.92. The summed E-state index contributed by atoms with van der Waals surface area (Å²) in [5.41, 5.74) is -0.465. The molecule has 1 unspecified atom stereocenters. The molecule has 0 radical (unpaired) electrons. The molecule has 0 saturated carbocycles. The standard InChI is InChI=1S/C14H11ClF3N3O2/c1-2-7-21-13(23)20(8-11(22)14(16,17)18)12(19-21)9-3-5-10(15)6-4-9/h1,3-6,11,22H,7-8H2. The lowest BCUT2D eigenvalue weighted by Gasteiger charge is -2.15. The van der Waals surface area contributed by atoms with E-state index in [1.165, 1.54) is 24.3 Å². The maximum Gasteiger partial charge on any atom is 0.416 e. The van der Waals surface area contributed by atoms with Crippen LogP contribution < -0.4 is 5.69 Å². The highest BCUT2D eigenvalue weighted by Gasteiger charge is 2.39. The third kappa shape index (κ3) is 3.75. The molecular weight excluding hydrogens is 335 g/mol. The minimum atomic E-state index is -4.86. The van der Waals surface area contributed by atoms with Gasteiger partial charge in [-0.15, -0.1) is 11.5 Å². The zero-order valence-electron chi connectivity index (χ0n) is 11.6. The lowest BCUT2D eigenvalue weighted by atomic mass is 10.2. The molecule has 0 saturated heterocycles. The Hall–Kier alpha value is -2.24. The number of aromatic nitrogens is 3. The number of rotatable bonds is 4. The van der Waals surface area contributed by atoms with Crippen LogP contribution in [0.15, 0.2) is 29.1 Å². The average Bonchev–Trinajstić information content (AvgIpc) is 2.77. The van der Waals surface area contributed by atoms with Crippen LogP contribution in [0.3, 0.4) is 0 Å². The molecule has 1 aromatic heterocycles. The summed E-state index contributed by atoms with van der Waals surface area (Å²) in [6.45, 7) is -1.18. The predicted molar refractivity (Wildman–Crippen MR) is 77.8 cm³/mol. The van der Waals surface area contributed by atoms with E-state index in [9.17, 15) is 23.1 Å². The van der Waals surface area contributed by atoms with Crippen molar-refractivity contribution in [1.82, 2.24) is 14.3 Å². The zero-order chi connectivity index (χ0) is 17.2. The first-order valence-corrected chi connectivity index (χ1v) is 6.73. The number of aliphatic hydroxyl groups is 1. The number of nitrogens with zero attached hydrogens (tertiary/aromatic N) is 3. The fourth-order valence-electron chi connectivity index (χ4n) is 1.88. The fraction of sp³-hybridized carbons (Fsp3) is 0.286. The van der Waals surface area contributed by atoms with E-state index >= 15 is 0 Å². The number of terminal acetylenes is 1. The van der Waals surface area contributed by atoms with Gasteiger partial charge in [0.25, 0.3) is 0 Å². The van der Waals surface area contributed by atoms with Crippen molar-refractivity contribution in [2.24, 2.45) is 0 Å². The third-order valence-electron chi connectivity index (χ3n) is 3.00. The summed E-state index contributed by atoms with van der Waals surface area (Å²) in [5, 5.41) is 13.6. The van der Waals surface area contributed by atoms with Crippen LogP contribution in [0.5, 0.6) is 0 Å². The van der Waals surface area contributed by atoms with Gasteiger partial charge in [0.05, 0.1) is 6.54 Å². The Labute approximate surface area is 133 Å². The van der Waals surface area contributed by atoms with E-state index in [0.29, 0.717) is 10.6 Å².